The molecule has 1 aliphatic carbocycles. The molecule has 9 heteroatoms. The normalized spacial score (nSPS) is 19.4. The summed E-state index contributed by atoms with van der Waals surface area (Å²) in [4.78, 5) is 21.7. The molecular formula is C24H42N4O3S2. The number of rotatable bonds is 5. The van der Waals surface area contributed by atoms with E-state index in [-0.39, 0.29) is 23.3 Å². The Balaban J connectivity index is 0.00000132. The van der Waals surface area contributed by atoms with Crippen molar-refractivity contribution in [2.24, 2.45) is 0 Å². The quantitative estimate of drug-likeness (QED) is 0.357. The van der Waals surface area contributed by atoms with Crippen molar-refractivity contribution in [1.82, 2.24) is 14.5 Å². The first kappa shape index (κ1) is 31.4. The number of pyridine rings is 1. The molecule has 3 unspecified atom stereocenters. The van der Waals surface area contributed by atoms with E-state index >= 15 is 0 Å². The van der Waals surface area contributed by atoms with Gasteiger partial charge in [0.25, 0.3) is 5.56 Å². The monoisotopic (exact) mass is 498 g/mol. The van der Waals surface area contributed by atoms with Gasteiger partial charge in [-0.3, -0.25) is 18.1 Å². The number of nitrogens with zero attached hydrogens (tertiary/aromatic N) is 4. The summed E-state index contributed by atoms with van der Waals surface area (Å²) in [7, 11) is -2.16. The number of hydrogen-bond acceptors (Lipinski definition) is 7. The SMILES string of the molecule is CC.CC.CCC.CCS(C)(O)OC1CCCC1n1c(=O)c(C#N)cc2cnc(SC)nc21. The van der Waals surface area contributed by atoms with E-state index in [1.54, 1.807) is 17.0 Å². The molecule has 7 nitrogen and oxygen atoms in total. The van der Waals surface area contributed by atoms with Gasteiger partial charge >= 0.3 is 0 Å². The fraction of sp³-hybridized carbons (Fsp3) is 0.667. The summed E-state index contributed by atoms with van der Waals surface area (Å²) in [6.45, 7) is 14.1. The molecule has 0 amide bonds. The first-order valence-electron chi connectivity index (χ1n) is 11.8. The van der Waals surface area contributed by atoms with Gasteiger partial charge in [0.1, 0.15) is 23.4 Å². The molecule has 0 radical (unpaired) electrons. The molecule has 33 heavy (non-hydrogen) atoms. The smallest absolute Gasteiger partial charge is 0.270 e. The second-order valence-corrected chi connectivity index (χ2v) is 10.5. The van der Waals surface area contributed by atoms with Crippen LogP contribution in [0.2, 0.25) is 0 Å². The highest BCUT2D eigenvalue weighted by atomic mass is 32.3. The zero-order valence-electron chi connectivity index (χ0n) is 21.7. The zero-order valence-corrected chi connectivity index (χ0v) is 23.3. The lowest BCUT2D eigenvalue weighted by molar-refractivity contribution is 0.168. The summed E-state index contributed by atoms with van der Waals surface area (Å²) < 4.78 is 18.0. The minimum Gasteiger partial charge on any atom is -0.299 e. The number of nitriles is 1. The molecule has 0 bridgehead atoms. The van der Waals surface area contributed by atoms with Gasteiger partial charge in [0.2, 0.25) is 0 Å². The molecule has 0 spiro atoms. The van der Waals surface area contributed by atoms with E-state index in [0.29, 0.717) is 21.9 Å². The average Bonchev–Trinajstić information content (AvgIpc) is 3.28. The summed E-state index contributed by atoms with van der Waals surface area (Å²) in [5.74, 6) is 0.531. The Morgan fingerprint density at radius 2 is 1.88 bits per heavy atom. The molecule has 0 saturated heterocycles. The standard InChI is InChI=1S/C17H22N4O3S2.C3H8.2C2H6/c1-4-26(3,23)24-14-7-5-6-13(14)21-15-12(8-11(9-18)16(21)22)10-19-17(20-15)25-2;1-3-2;2*1-2/h8,10,13-14,23H,4-7H2,1-3H3;3H2,1-2H3;2*1-2H3. The van der Waals surface area contributed by atoms with E-state index in [9.17, 15) is 14.6 Å². The van der Waals surface area contributed by atoms with Crippen LogP contribution in [-0.4, -0.2) is 43.5 Å². The lowest BCUT2D eigenvalue weighted by Crippen LogP contribution is -2.33. The van der Waals surface area contributed by atoms with Crippen molar-refractivity contribution in [3.8, 4) is 6.07 Å². The Hall–Kier alpha value is -1.60. The van der Waals surface area contributed by atoms with Crippen LogP contribution in [0.4, 0.5) is 0 Å². The van der Waals surface area contributed by atoms with Crippen LogP contribution < -0.4 is 5.56 Å². The summed E-state index contributed by atoms with van der Waals surface area (Å²) in [5.41, 5.74) is 0.218. The molecule has 1 fully saturated rings. The molecule has 1 aliphatic rings. The maximum absolute atomic E-state index is 12.9. The summed E-state index contributed by atoms with van der Waals surface area (Å²) in [5, 5.41) is 10.6. The molecule has 0 aromatic carbocycles. The van der Waals surface area contributed by atoms with E-state index in [1.165, 1.54) is 24.2 Å². The molecule has 188 valence electrons. The molecule has 1 saturated carbocycles. The van der Waals surface area contributed by atoms with Crippen LogP contribution >= 0.6 is 22.4 Å². The van der Waals surface area contributed by atoms with Crippen molar-refractivity contribution >= 4 is 33.4 Å². The van der Waals surface area contributed by atoms with Gasteiger partial charge in [0, 0.05) is 23.6 Å². The molecule has 2 aromatic heterocycles. The highest BCUT2D eigenvalue weighted by Crippen LogP contribution is 2.47. The van der Waals surface area contributed by atoms with Crippen LogP contribution in [0, 0.1) is 11.3 Å². The Labute approximate surface area is 205 Å². The highest BCUT2D eigenvalue weighted by molar-refractivity contribution is 8.24. The van der Waals surface area contributed by atoms with Crippen molar-refractivity contribution in [3.05, 3.63) is 28.2 Å². The van der Waals surface area contributed by atoms with Crippen LogP contribution in [0.15, 0.2) is 22.2 Å². The van der Waals surface area contributed by atoms with E-state index in [1.807, 2.05) is 46.9 Å². The second kappa shape index (κ2) is 16.1. The Morgan fingerprint density at radius 1 is 1.27 bits per heavy atom. The maximum Gasteiger partial charge on any atom is 0.270 e. The number of hydrogen-bond donors (Lipinski definition) is 1. The zero-order chi connectivity index (χ0) is 25.6. The molecule has 2 aromatic rings. The third kappa shape index (κ3) is 8.60. The van der Waals surface area contributed by atoms with E-state index in [2.05, 4.69) is 23.8 Å². The van der Waals surface area contributed by atoms with Crippen LogP contribution in [0.25, 0.3) is 11.0 Å². The van der Waals surface area contributed by atoms with Gasteiger partial charge in [-0.1, -0.05) is 59.7 Å². The van der Waals surface area contributed by atoms with Crippen LogP contribution in [0.3, 0.4) is 0 Å². The first-order valence-corrected chi connectivity index (χ1v) is 15.2. The molecule has 3 atom stereocenters. The Kier molecular flexibility index (Phi) is 15.3. The fourth-order valence-corrected chi connectivity index (χ4v) is 4.47. The second-order valence-electron chi connectivity index (χ2n) is 7.07. The Bertz CT molecular complexity index is 942. The largest absolute Gasteiger partial charge is 0.299 e. The maximum atomic E-state index is 12.9. The summed E-state index contributed by atoms with van der Waals surface area (Å²) in [6.07, 6.45) is 8.59. The van der Waals surface area contributed by atoms with Crippen molar-refractivity contribution in [3.63, 3.8) is 0 Å². The topological polar surface area (TPSA) is 101 Å². The molecule has 1 N–H and O–H groups in total. The molecule has 3 rings (SSSR count). The minimum absolute atomic E-state index is 0.0678. The highest BCUT2D eigenvalue weighted by Gasteiger charge is 2.35. The van der Waals surface area contributed by atoms with Gasteiger partial charge in [-0.15, -0.1) is 0 Å². The van der Waals surface area contributed by atoms with Crippen molar-refractivity contribution in [2.45, 2.75) is 91.5 Å². The van der Waals surface area contributed by atoms with Gasteiger partial charge in [-0.05, 0) is 38.5 Å². The van der Waals surface area contributed by atoms with Gasteiger partial charge in [-0.2, -0.15) is 15.9 Å². The summed E-state index contributed by atoms with van der Waals surface area (Å²) >= 11 is 1.40. The molecular weight excluding hydrogens is 456 g/mol. The van der Waals surface area contributed by atoms with E-state index in [0.717, 1.165) is 19.3 Å². The van der Waals surface area contributed by atoms with Crippen LogP contribution in [0.5, 0.6) is 0 Å². The molecule has 0 aliphatic heterocycles. The number of aromatic nitrogens is 3. The third-order valence-electron chi connectivity index (χ3n) is 4.67. The van der Waals surface area contributed by atoms with E-state index < -0.39 is 10.6 Å². The van der Waals surface area contributed by atoms with Gasteiger partial charge in [0.15, 0.2) is 5.16 Å². The lowest BCUT2D eigenvalue weighted by Gasteiger charge is -2.37. The van der Waals surface area contributed by atoms with Crippen molar-refractivity contribution in [2.75, 3.05) is 18.3 Å². The average molecular weight is 499 g/mol. The number of fused-ring (bicyclic) bond motifs is 1. The van der Waals surface area contributed by atoms with Crippen LogP contribution in [0.1, 0.15) is 85.8 Å². The fourth-order valence-electron chi connectivity index (χ4n) is 3.24. The predicted molar refractivity (Wildman–Crippen MR) is 143 cm³/mol. The van der Waals surface area contributed by atoms with Gasteiger partial charge in [0.05, 0.1) is 6.04 Å². The number of thioether (sulfide) groups is 1. The first-order chi connectivity index (χ1) is 15.8. The summed E-state index contributed by atoms with van der Waals surface area (Å²) in [6, 6.07) is 3.26. The van der Waals surface area contributed by atoms with Crippen molar-refractivity contribution < 1.29 is 8.74 Å². The van der Waals surface area contributed by atoms with Gasteiger partial charge < -0.3 is 0 Å². The van der Waals surface area contributed by atoms with Crippen molar-refractivity contribution in [1.29, 1.82) is 5.26 Å². The Morgan fingerprint density at radius 3 is 2.39 bits per heavy atom. The molecule has 2 heterocycles. The third-order valence-corrected chi connectivity index (χ3v) is 6.96. The van der Waals surface area contributed by atoms with Gasteiger partial charge in [-0.25, -0.2) is 9.97 Å². The predicted octanol–water partition coefficient (Wildman–Crippen LogP) is 6.81. The van der Waals surface area contributed by atoms with E-state index in [4.69, 9.17) is 4.18 Å². The lowest BCUT2D eigenvalue weighted by atomic mass is 10.1. The minimum atomic E-state index is -2.16. The van der Waals surface area contributed by atoms with Crippen LogP contribution in [-0.2, 0) is 4.18 Å².